The monoisotopic (exact) mass is 389 g/mol. The van der Waals surface area contributed by atoms with Crippen molar-refractivity contribution in [3.05, 3.63) is 59.9 Å². The quantitative estimate of drug-likeness (QED) is 0.632. The number of aryl methyl sites for hydroxylation is 2. The normalized spacial score (nSPS) is 9.39. The molecule has 0 saturated heterocycles. The molecular weight excluding hydrogens is 367 g/mol. The van der Waals surface area contributed by atoms with Crippen LogP contribution in [0.4, 0.5) is 0 Å². The standard InChI is InChI=1S/C15H13NO3.C2H6.CH3.Y/c1-9-5-3-4-6-10(9)12-13(17)11-7-8-19-15(11)16(2)14(12)18;1-2;;/h3-8,17H,1-2H3;1-2H3;1H3;/q;;-1;. The molecule has 0 aliphatic rings. The first kappa shape index (κ1) is 21.6. The number of benzene rings is 1. The van der Waals surface area contributed by atoms with Crippen LogP contribution in [0.3, 0.4) is 0 Å². The Bertz CT molecular complexity index is 834. The number of pyridine rings is 1. The van der Waals surface area contributed by atoms with Gasteiger partial charge in [-0.15, -0.1) is 0 Å². The van der Waals surface area contributed by atoms with Crippen molar-refractivity contribution in [2.75, 3.05) is 0 Å². The van der Waals surface area contributed by atoms with Crippen LogP contribution in [0.5, 0.6) is 5.75 Å². The zero-order chi connectivity index (χ0) is 15.6. The average molecular weight is 389 g/mol. The summed E-state index contributed by atoms with van der Waals surface area (Å²) in [6.07, 6.45) is 1.46. The number of hydrogen-bond acceptors (Lipinski definition) is 3. The molecule has 2 heterocycles. The summed E-state index contributed by atoms with van der Waals surface area (Å²) in [5, 5.41) is 10.9. The Balaban J connectivity index is 0.00000117. The van der Waals surface area contributed by atoms with E-state index < -0.39 is 0 Å². The maximum atomic E-state index is 12.4. The topological polar surface area (TPSA) is 55.4 Å². The molecule has 0 spiro atoms. The van der Waals surface area contributed by atoms with E-state index in [1.54, 1.807) is 13.1 Å². The summed E-state index contributed by atoms with van der Waals surface area (Å²) >= 11 is 0. The maximum absolute atomic E-state index is 12.4. The van der Waals surface area contributed by atoms with Crippen molar-refractivity contribution >= 4 is 11.1 Å². The Hall–Kier alpha value is -1.39. The van der Waals surface area contributed by atoms with Crippen molar-refractivity contribution in [1.29, 1.82) is 0 Å². The van der Waals surface area contributed by atoms with Crippen LogP contribution in [0.2, 0.25) is 0 Å². The zero-order valence-corrected chi connectivity index (χ0v) is 17.1. The molecule has 5 heteroatoms. The first-order chi connectivity index (χ1) is 10.1. The van der Waals surface area contributed by atoms with Crippen molar-refractivity contribution in [2.45, 2.75) is 20.8 Å². The summed E-state index contributed by atoms with van der Waals surface area (Å²) in [6, 6.07) is 9.15. The molecule has 1 N–H and O–H groups in total. The van der Waals surface area contributed by atoms with Gasteiger partial charge in [-0.2, -0.15) is 0 Å². The van der Waals surface area contributed by atoms with Gasteiger partial charge in [0.15, 0.2) is 0 Å². The van der Waals surface area contributed by atoms with Crippen LogP contribution < -0.4 is 5.56 Å². The van der Waals surface area contributed by atoms with Crippen molar-refractivity contribution in [1.82, 2.24) is 4.57 Å². The number of fused-ring (bicyclic) bond motifs is 1. The van der Waals surface area contributed by atoms with Gasteiger partial charge in [-0.05, 0) is 24.1 Å². The van der Waals surface area contributed by atoms with Gasteiger partial charge >= 0.3 is 0 Å². The van der Waals surface area contributed by atoms with Gasteiger partial charge in [0.25, 0.3) is 5.56 Å². The van der Waals surface area contributed by atoms with Crippen LogP contribution in [-0.4, -0.2) is 9.67 Å². The molecule has 121 valence electrons. The van der Waals surface area contributed by atoms with Crippen LogP contribution in [0.15, 0.2) is 45.8 Å². The van der Waals surface area contributed by atoms with Crippen molar-refractivity contribution < 1.29 is 42.2 Å². The minimum atomic E-state index is -0.269. The molecule has 0 aliphatic carbocycles. The smallest absolute Gasteiger partial charge is 0.264 e. The SMILES string of the molecule is CC.Cc1ccccc1-c1c(O)c2ccoc2n(C)c1=O.[CH3-].[Y]. The summed E-state index contributed by atoms with van der Waals surface area (Å²) in [5.41, 5.74) is 2.10. The average Bonchev–Trinajstić information content (AvgIpc) is 2.99. The van der Waals surface area contributed by atoms with Gasteiger partial charge in [-0.25, -0.2) is 0 Å². The van der Waals surface area contributed by atoms with E-state index in [0.717, 1.165) is 11.1 Å². The van der Waals surface area contributed by atoms with Crippen LogP contribution in [0.1, 0.15) is 19.4 Å². The third-order valence-electron chi connectivity index (χ3n) is 3.37. The van der Waals surface area contributed by atoms with E-state index in [1.165, 1.54) is 10.8 Å². The molecule has 0 amide bonds. The minimum absolute atomic E-state index is 0. The first-order valence-corrected chi connectivity index (χ1v) is 6.96. The van der Waals surface area contributed by atoms with Gasteiger partial charge < -0.3 is 17.0 Å². The maximum Gasteiger partial charge on any atom is 0.264 e. The van der Waals surface area contributed by atoms with Gasteiger partial charge in [-0.1, -0.05) is 38.1 Å². The van der Waals surface area contributed by atoms with E-state index in [4.69, 9.17) is 4.42 Å². The first-order valence-electron chi connectivity index (χ1n) is 6.96. The molecule has 0 bridgehead atoms. The van der Waals surface area contributed by atoms with E-state index in [0.29, 0.717) is 16.7 Å². The third-order valence-corrected chi connectivity index (χ3v) is 3.37. The van der Waals surface area contributed by atoms with Crippen molar-refractivity contribution in [2.24, 2.45) is 7.05 Å². The number of aromatic hydroxyl groups is 1. The predicted molar refractivity (Wildman–Crippen MR) is 91.1 cm³/mol. The second-order valence-corrected chi connectivity index (χ2v) is 4.54. The van der Waals surface area contributed by atoms with E-state index in [2.05, 4.69) is 0 Å². The Labute approximate surface area is 162 Å². The Morgan fingerprint density at radius 1 is 1.13 bits per heavy atom. The molecule has 3 aromatic rings. The molecule has 23 heavy (non-hydrogen) atoms. The molecule has 0 aliphatic heterocycles. The molecule has 0 atom stereocenters. The second-order valence-electron chi connectivity index (χ2n) is 4.54. The molecule has 4 nitrogen and oxygen atoms in total. The number of furan rings is 1. The molecule has 1 radical (unpaired) electrons. The number of hydrogen-bond donors (Lipinski definition) is 1. The van der Waals surface area contributed by atoms with E-state index in [9.17, 15) is 9.90 Å². The summed E-state index contributed by atoms with van der Waals surface area (Å²) in [6.45, 7) is 5.91. The Kier molecular flexibility index (Phi) is 8.50. The summed E-state index contributed by atoms with van der Waals surface area (Å²) in [4.78, 5) is 12.4. The van der Waals surface area contributed by atoms with Crippen LogP contribution in [-0.2, 0) is 39.8 Å². The minimum Gasteiger partial charge on any atom is -0.506 e. The van der Waals surface area contributed by atoms with E-state index in [-0.39, 0.29) is 51.4 Å². The summed E-state index contributed by atoms with van der Waals surface area (Å²) in [7, 11) is 1.63. The largest absolute Gasteiger partial charge is 0.506 e. The zero-order valence-electron chi connectivity index (χ0n) is 14.3. The number of nitrogens with zero attached hydrogens (tertiary/aromatic N) is 1. The van der Waals surface area contributed by atoms with Gasteiger partial charge in [-0.3, -0.25) is 9.36 Å². The van der Waals surface area contributed by atoms with Crippen LogP contribution in [0.25, 0.3) is 22.2 Å². The van der Waals surface area contributed by atoms with Gasteiger partial charge in [0, 0.05) is 39.8 Å². The van der Waals surface area contributed by atoms with Crippen molar-refractivity contribution in [3.63, 3.8) is 0 Å². The van der Waals surface area contributed by atoms with Gasteiger partial charge in [0.2, 0.25) is 5.71 Å². The van der Waals surface area contributed by atoms with Crippen LogP contribution >= 0.6 is 0 Å². The third kappa shape index (κ3) is 3.75. The molecule has 3 rings (SSSR count). The van der Waals surface area contributed by atoms with E-state index in [1.807, 2.05) is 45.0 Å². The molecular formula is C18H22NO3Y-. The number of rotatable bonds is 1. The predicted octanol–water partition coefficient (Wildman–Crippen LogP) is 4.29. The fourth-order valence-corrected chi connectivity index (χ4v) is 2.33. The van der Waals surface area contributed by atoms with Crippen molar-refractivity contribution in [3.8, 4) is 16.9 Å². The molecule has 1 aromatic carbocycles. The number of aromatic nitrogens is 1. The fourth-order valence-electron chi connectivity index (χ4n) is 2.33. The molecule has 0 unspecified atom stereocenters. The second kappa shape index (κ2) is 9.04. The van der Waals surface area contributed by atoms with Crippen LogP contribution in [0, 0.1) is 14.4 Å². The summed E-state index contributed by atoms with van der Waals surface area (Å²) < 4.78 is 6.65. The summed E-state index contributed by atoms with van der Waals surface area (Å²) in [5.74, 6) is -0.0267. The molecule has 0 saturated carbocycles. The fraction of sp³-hybridized carbons (Fsp3) is 0.222. The Morgan fingerprint density at radius 3 is 2.35 bits per heavy atom. The Morgan fingerprint density at radius 2 is 1.74 bits per heavy atom. The van der Waals surface area contributed by atoms with Gasteiger partial charge in [0.1, 0.15) is 5.75 Å². The molecule has 2 aromatic heterocycles. The van der Waals surface area contributed by atoms with Gasteiger partial charge in [0.05, 0.1) is 17.2 Å². The van der Waals surface area contributed by atoms with E-state index >= 15 is 0 Å². The molecule has 0 fully saturated rings.